The summed E-state index contributed by atoms with van der Waals surface area (Å²) in [5.41, 5.74) is 1.24. The molecule has 0 aliphatic carbocycles. The Hall–Kier alpha value is -0.870. The summed E-state index contributed by atoms with van der Waals surface area (Å²) >= 11 is 0. The fraction of sp³-hybridized carbons (Fsp3) is 0.786. The van der Waals surface area contributed by atoms with Crippen LogP contribution in [0.2, 0.25) is 0 Å². The number of rotatable bonds is 9. The smallest absolute Gasteiger partial charge is 0.0952 e. The Balaban J connectivity index is 2.61. The second-order valence-electron chi connectivity index (χ2n) is 5.21. The van der Waals surface area contributed by atoms with Crippen molar-refractivity contribution >= 4 is 0 Å². The van der Waals surface area contributed by atoms with E-state index < -0.39 is 0 Å². The minimum Gasteiger partial charge on any atom is -0.383 e. The highest BCUT2D eigenvalue weighted by molar-refractivity contribution is 5.00. The predicted octanol–water partition coefficient (Wildman–Crippen LogP) is 2.62. The van der Waals surface area contributed by atoms with Crippen molar-refractivity contribution in [3.8, 4) is 0 Å². The zero-order valence-corrected chi connectivity index (χ0v) is 12.1. The molecule has 0 aromatic carbocycles. The van der Waals surface area contributed by atoms with E-state index in [1.807, 2.05) is 12.5 Å². The lowest BCUT2D eigenvalue weighted by Gasteiger charge is -2.20. The summed E-state index contributed by atoms with van der Waals surface area (Å²) < 4.78 is 7.56. The number of ether oxygens (including phenoxy) is 1. The molecule has 4 nitrogen and oxygen atoms in total. The van der Waals surface area contributed by atoms with Crippen LogP contribution in [0.4, 0.5) is 0 Å². The Morgan fingerprint density at radius 2 is 2.22 bits per heavy atom. The summed E-state index contributed by atoms with van der Waals surface area (Å²) in [5, 5.41) is 3.47. The first kappa shape index (κ1) is 15.2. The minimum atomic E-state index is 0.401. The first-order chi connectivity index (χ1) is 8.69. The van der Waals surface area contributed by atoms with E-state index in [1.54, 1.807) is 7.11 Å². The number of nitrogens with zero attached hydrogens (tertiary/aromatic N) is 2. The number of nitrogens with one attached hydrogen (secondary N) is 1. The van der Waals surface area contributed by atoms with Gasteiger partial charge in [-0.25, -0.2) is 4.98 Å². The van der Waals surface area contributed by atoms with Crippen LogP contribution in [0.1, 0.15) is 45.3 Å². The minimum absolute atomic E-state index is 0.401. The Kier molecular flexibility index (Phi) is 6.98. The largest absolute Gasteiger partial charge is 0.383 e. The summed E-state index contributed by atoms with van der Waals surface area (Å²) in [5.74, 6) is 0.673. The molecule has 0 bridgehead atoms. The summed E-state index contributed by atoms with van der Waals surface area (Å²) in [6.07, 6.45) is 6.16. The van der Waals surface area contributed by atoms with Gasteiger partial charge in [0.25, 0.3) is 0 Å². The van der Waals surface area contributed by atoms with Crippen LogP contribution >= 0.6 is 0 Å². The van der Waals surface area contributed by atoms with Gasteiger partial charge in [0, 0.05) is 19.9 Å². The molecule has 1 unspecified atom stereocenters. The first-order valence-corrected chi connectivity index (χ1v) is 6.89. The molecule has 1 heterocycles. The van der Waals surface area contributed by atoms with Crippen LogP contribution < -0.4 is 5.32 Å². The molecule has 0 fully saturated rings. The summed E-state index contributed by atoms with van der Waals surface area (Å²) in [6.45, 7) is 9.30. The van der Waals surface area contributed by atoms with Crippen molar-refractivity contribution in [1.82, 2.24) is 14.9 Å². The van der Waals surface area contributed by atoms with Gasteiger partial charge in [-0.2, -0.15) is 0 Å². The highest BCUT2D eigenvalue weighted by Crippen LogP contribution is 2.16. The lowest BCUT2D eigenvalue weighted by molar-refractivity contribution is 0.149. The Morgan fingerprint density at radius 1 is 1.44 bits per heavy atom. The molecular formula is C14H27N3O. The van der Waals surface area contributed by atoms with Crippen LogP contribution in [0.3, 0.4) is 0 Å². The normalized spacial score (nSPS) is 13.2. The highest BCUT2D eigenvalue weighted by atomic mass is 16.5. The van der Waals surface area contributed by atoms with Crippen LogP contribution in [0.15, 0.2) is 12.5 Å². The van der Waals surface area contributed by atoms with Gasteiger partial charge in [0.05, 0.1) is 24.7 Å². The summed E-state index contributed by atoms with van der Waals surface area (Å²) in [6, 6.07) is 0.401. The molecule has 0 saturated carbocycles. The monoisotopic (exact) mass is 253 g/mol. The molecule has 0 aliphatic heterocycles. The van der Waals surface area contributed by atoms with Crippen molar-refractivity contribution in [2.75, 3.05) is 20.3 Å². The number of imidazole rings is 1. The molecule has 1 aromatic rings. The molecule has 0 aliphatic rings. The molecule has 1 atom stereocenters. The van der Waals surface area contributed by atoms with Gasteiger partial charge in [0.1, 0.15) is 0 Å². The topological polar surface area (TPSA) is 39.1 Å². The SMILES string of the molecule is CCCC(COC)n1cncc1CNCC(C)C. The third kappa shape index (κ3) is 4.78. The van der Waals surface area contributed by atoms with E-state index in [4.69, 9.17) is 4.74 Å². The van der Waals surface area contributed by atoms with Crippen molar-refractivity contribution in [1.29, 1.82) is 0 Å². The fourth-order valence-corrected chi connectivity index (χ4v) is 2.11. The molecule has 1 rings (SSSR count). The van der Waals surface area contributed by atoms with E-state index in [1.165, 1.54) is 5.69 Å². The predicted molar refractivity (Wildman–Crippen MR) is 74.6 cm³/mol. The lowest BCUT2D eigenvalue weighted by atomic mass is 10.1. The standard InChI is InChI=1S/C14H27N3O/c1-5-6-13(10-18-4)17-11-16-9-14(17)8-15-7-12(2)3/h9,11-13,15H,5-8,10H2,1-4H3. The number of hydrogen-bond donors (Lipinski definition) is 1. The third-order valence-corrected chi connectivity index (χ3v) is 2.98. The second-order valence-corrected chi connectivity index (χ2v) is 5.21. The van der Waals surface area contributed by atoms with Crippen LogP contribution in [0, 0.1) is 5.92 Å². The third-order valence-electron chi connectivity index (χ3n) is 2.98. The molecular weight excluding hydrogens is 226 g/mol. The van der Waals surface area contributed by atoms with Crippen molar-refractivity contribution < 1.29 is 4.74 Å². The van der Waals surface area contributed by atoms with Crippen molar-refractivity contribution in [3.63, 3.8) is 0 Å². The van der Waals surface area contributed by atoms with Gasteiger partial charge in [0.15, 0.2) is 0 Å². The van der Waals surface area contributed by atoms with E-state index in [2.05, 4.69) is 35.6 Å². The fourth-order valence-electron chi connectivity index (χ4n) is 2.11. The quantitative estimate of drug-likeness (QED) is 0.735. The maximum atomic E-state index is 5.31. The molecule has 0 radical (unpaired) electrons. The van der Waals surface area contributed by atoms with E-state index >= 15 is 0 Å². The van der Waals surface area contributed by atoms with Gasteiger partial charge in [0.2, 0.25) is 0 Å². The van der Waals surface area contributed by atoms with Gasteiger partial charge in [-0.05, 0) is 18.9 Å². The molecule has 0 saturated heterocycles. The maximum absolute atomic E-state index is 5.31. The molecule has 1 aromatic heterocycles. The van der Waals surface area contributed by atoms with Crippen molar-refractivity contribution in [2.24, 2.45) is 5.92 Å². The average molecular weight is 253 g/mol. The van der Waals surface area contributed by atoms with Gasteiger partial charge < -0.3 is 14.6 Å². The Bertz CT molecular complexity index is 317. The number of hydrogen-bond acceptors (Lipinski definition) is 3. The average Bonchev–Trinajstić information content (AvgIpc) is 2.76. The summed E-state index contributed by atoms with van der Waals surface area (Å²) in [7, 11) is 1.76. The van der Waals surface area contributed by atoms with E-state index in [-0.39, 0.29) is 0 Å². The molecule has 18 heavy (non-hydrogen) atoms. The second kappa shape index (κ2) is 8.27. The van der Waals surface area contributed by atoms with Crippen LogP contribution in [0.5, 0.6) is 0 Å². The number of aromatic nitrogens is 2. The molecule has 0 spiro atoms. The van der Waals surface area contributed by atoms with E-state index in [0.29, 0.717) is 12.0 Å². The summed E-state index contributed by atoms with van der Waals surface area (Å²) in [4.78, 5) is 4.27. The lowest BCUT2D eigenvalue weighted by Crippen LogP contribution is -2.23. The van der Waals surface area contributed by atoms with E-state index in [9.17, 15) is 0 Å². The van der Waals surface area contributed by atoms with E-state index in [0.717, 1.165) is 32.5 Å². The Morgan fingerprint density at radius 3 is 2.83 bits per heavy atom. The first-order valence-electron chi connectivity index (χ1n) is 6.89. The van der Waals surface area contributed by atoms with Gasteiger partial charge in [-0.1, -0.05) is 27.2 Å². The molecule has 4 heteroatoms. The molecule has 104 valence electrons. The van der Waals surface area contributed by atoms with Gasteiger partial charge in [-0.3, -0.25) is 0 Å². The van der Waals surface area contributed by atoms with Crippen LogP contribution in [-0.4, -0.2) is 29.8 Å². The van der Waals surface area contributed by atoms with Crippen molar-refractivity contribution in [3.05, 3.63) is 18.2 Å². The van der Waals surface area contributed by atoms with Crippen LogP contribution in [0.25, 0.3) is 0 Å². The van der Waals surface area contributed by atoms with Crippen LogP contribution in [-0.2, 0) is 11.3 Å². The Labute approximate surface area is 111 Å². The maximum Gasteiger partial charge on any atom is 0.0952 e. The van der Waals surface area contributed by atoms with Gasteiger partial charge in [-0.15, -0.1) is 0 Å². The molecule has 0 amide bonds. The zero-order chi connectivity index (χ0) is 13.4. The highest BCUT2D eigenvalue weighted by Gasteiger charge is 2.13. The molecule has 1 N–H and O–H groups in total. The number of methoxy groups -OCH3 is 1. The zero-order valence-electron chi connectivity index (χ0n) is 12.1. The van der Waals surface area contributed by atoms with Gasteiger partial charge >= 0.3 is 0 Å². The van der Waals surface area contributed by atoms with Crippen molar-refractivity contribution in [2.45, 2.75) is 46.2 Å².